The minimum atomic E-state index is -4.14. The second-order valence-corrected chi connectivity index (χ2v) is 15.5. The van der Waals surface area contributed by atoms with E-state index in [9.17, 15) is 19.0 Å². The van der Waals surface area contributed by atoms with Crippen molar-refractivity contribution in [1.82, 2.24) is 29.5 Å². The Hall–Kier alpha value is -2.05. The molecule has 6 rings (SSSR count). The molecule has 0 radical (unpaired) electrons. The lowest BCUT2D eigenvalue weighted by molar-refractivity contribution is -0.0487. The summed E-state index contributed by atoms with van der Waals surface area (Å²) in [7, 11) is 0. The van der Waals surface area contributed by atoms with E-state index in [1.54, 1.807) is 12.3 Å². The van der Waals surface area contributed by atoms with Gasteiger partial charge >= 0.3 is 13.6 Å². The van der Waals surface area contributed by atoms with Crippen LogP contribution < -0.4 is 16.6 Å². The Kier molecular flexibility index (Phi) is 7.95. The molecule has 0 amide bonds. The molecule has 41 heavy (non-hydrogen) atoms. The molecule has 9 atom stereocenters. The van der Waals surface area contributed by atoms with Gasteiger partial charge in [-0.15, -0.1) is 0 Å². The molecule has 2 aliphatic heterocycles. The first-order valence-electron chi connectivity index (χ1n) is 12.4. The van der Waals surface area contributed by atoms with Crippen LogP contribution in [0, 0.1) is 5.92 Å². The lowest BCUT2D eigenvalue weighted by atomic mass is 10.1. The van der Waals surface area contributed by atoms with Crippen LogP contribution in [0.5, 0.6) is 0 Å². The highest BCUT2D eigenvalue weighted by Gasteiger charge is 2.51. The number of thiol groups is 2. The van der Waals surface area contributed by atoms with E-state index in [1.165, 1.54) is 17.2 Å². The van der Waals surface area contributed by atoms with E-state index < -0.39 is 62.3 Å². The van der Waals surface area contributed by atoms with Crippen molar-refractivity contribution in [3.05, 3.63) is 35.3 Å². The van der Waals surface area contributed by atoms with Gasteiger partial charge < -0.3 is 25.4 Å². The third-order valence-electron chi connectivity index (χ3n) is 6.98. The summed E-state index contributed by atoms with van der Waals surface area (Å²) in [6.45, 7) is -8.71. The van der Waals surface area contributed by atoms with Gasteiger partial charge in [0.1, 0.15) is 30.5 Å². The van der Waals surface area contributed by atoms with Crippen molar-refractivity contribution >= 4 is 61.0 Å². The van der Waals surface area contributed by atoms with Gasteiger partial charge in [0.25, 0.3) is 5.56 Å². The molecule has 1 saturated carbocycles. The molecule has 3 aliphatic rings. The number of rotatable bonds is 3. The predicted molar refractivity (Wildman–Crippen MR) is 149 cm³/mol. The Balaban J connectivity index is 1.28. The van der Waals surface area contributed by atoms with E-state index in [1.807, 2.05) is 0 Å². The van der Waals surface area contributed by atoms with Gasteiger partial charge in [-0.25, -0.2) is 24.1 Å². The number of hydrogen-bond donors (Lipinski definition) is 6. The molecule has 21 heteroatoms. The number of nitrogens with one attached hydrogen (secondary N) is 2. The highest BCUT2D eigenvalue weighted by atomic mass is 32.7. The number of anilines is 2. The summed E-state index contributed by atoms with van der Waals surface area (Å²) in [4.78, 5) is 30.8. The molecule has 0 unspecified atom stereocenters. The molecule has 3 aromatic rings. The second-order valence-electron chi connectivity index (χ2n) is 9.74. The summed E-state index contributed by atoms with van der Waals surface area (Å²) in [5.41, 5.74) is 5.07. The van der Waals surface area contributed by atoms with E-state index in [-0.39, 0.29) is 29.8 Å². The number of ether oxygens (including phenoxy) is 1. The quantitative estimate of drug-likeness (QED) is 0.175. The van der Waals surface area contributed by atoms with Crippen LogP contribution >= 0.6 is 38.1 Å². The number of aliphatic hydroxyl groups is 1. The fraction of sp³-hybridized carbons (Fsp3) is 0.550. The summed E-state index contributed by atoms with van der Waals surface area (Å²) < 4.78 is 56.6. The largest absolute Gasteiger partial charge is 0.387 e. The van der Waals surface area contributed by atoms with Crippen molar-refractivity contribution in [2.75, 3.05) is 24.3 Å². The molecule has 2 bridgehead atoms. The van der Waals surface area contributed by atoms with Crippen molar-refractivity contribution in [3.63, 3.8) is 0 Å². The number of nitrogens with two attached hydrogens (primary N) is 1. The summed E-state index contributed by atoms with van der Waals surface area (Å²) in [6, 6.07) is 1.54. The summed E-state index contributed by atoms with van der Waals surface area (Å²) in [6.07, 6.45) is -0.796. The third-order valence-corrected chi connectivity index (χ3v) is 10.2. The smallest absolute Gasteiger partial charge is 0.386 e. The first-order chi connectivity index (χ1) is 19.5. The maximum atomic E-state index is 13.4. The van der Waals surface area contributed by atoms with Gasteiger partial charge in [-0.3, -0.25) is 27.9 Å². The van der Waals surface area contributed by atoms with Gasteiger partial charge in [0.05, 0.1) is 25.6 Å². The third kappa shape index (κ3) is 6.20. The molecule has 17 nitrogen and oxygen atoms in total. The lowest BCUT2D eigenvalue weighted by Crippen LogP contribution is -2.35. The Labute approximate surface area is 242 Å². The first kappa shape index (κ1) is 29.0. The van der Waals surface area contributed by atoms with Gasteiger partial charge in [-0.2, -0.15) is 4.98 Å². The molecule has 0 aromatic carbocycles. The Bertz CT molecular complexity index is 1580. The zero-order chi connectivity index (χ0) is 28.9. The molecule has 0 spiro atoms. The van der Waals surface area contributed by atoms with Crippen LogP contribution in [0.2, 0.25) is 0 Å². The Morgan fingerprint density at radius 2 is 1.90 bits per heavy atom. The molecule has 1 aliphatic carbocycles. The fourth-order valence-electron chi connectivity index (χ4n) is 5.16. The highest BCUT2D eigenvalue weighted by molar-refractivity contribution is 8.44. The number of fused-ring (bicyclic) bond motifs is 4. The van der Waals surface area contributed by atoms with Crippen LogP contribution in [0.15, 0.2) is 29.7 Å². The van der Waals surface area contributed by atoms with E-state index in [0.29, 0.717) is 18.7 Å². The van der Waals surface area contributed by atoms with Gasteiger partial charge in [0, 0.05) is 18.2 Å². The van der Waals surface area contributed by atoms with Crippen LogP contribution in [0.25, 0.3) is 11.2 Å². The van der Waals surface area contributed by atoms with Crippen molar-refractivity contribution in [2.45, 2.75) is 49.5 Å². The predicted octanol–water partition coefficient (Wildman–Crippen LogP) is 1.53. The topological polar surface area (TPSA) is 228 Å². The normalized spacial score (nSPS) is 38.1. The molecular weight excluding hydrogens is 622 g/mol. The zero-order valence-corrected chi connectivity index (χ0v) is 24.6. The number of hydrogen-bond acceptors (Lipinski definition) is 15. The number of aromatic amines is 1. The fourth-order valence-corrected chi connectivity index (χ4v) is 8.22. The Morgan fingerprint density at radius 1 is 1.12 bits per heavy atom. The lowest BCUT2D eigenvalue weighted by Gasteiger charge is -2.26. The number of aromatic nitrogens is 6. The number of nitrogens with zero attached hydrogens (tertiary/aromatic N) is 5. The maximum Gasteiger partial charge on any atom is 0.386 e. The summed E-state index contributed by atoms with van der Waals surface area (Å²) in [5, 5.41) is 14.4. The minimum Gasteiger partial charge on any atom is -0.387 e. The average Bonchev–Trinajstić information content (AvgIpc) is 3.57. The van der Waals surface area contributed by atoms with Crippen LogP contribution in [0.1, 0.15) is 19.1 Å². The molecular formula is C20H26N8O9P2S2. The molecule has 3 fully saturated rings. The van der Waals surface area contributed by atoms with Crippen molar-refractivity contribution in [3.8, 4) is 0 Å². The molecule has 3 aromatic heterocycles. The number of nitrogen functional groups attached to an aromatic ring is 1. The second kappa shape index (κ2) is 11.2. The van der Waals surface area contributed by atoms with Crippen LogP contribution in [-0.4, -0.2) is 78.3 Å². The summed E-state index contributed by atoms with van der Waals surface area (Å²) >= 11 is 8.28. The highest BCUT2D eigenvalue weighted by Crippen LogP contribution is 2.60. The number of aliphatic hydroxyl groups excluding tert-OH is 1. The van der Waals surface area contributed by atoms with Crippen LogP contribution in [-0.2, 0) is 32.0 Å². The average molecular weight is 649 g/mol. The molecule has 2 saturated heterocycles. The van der Waals surface area contributed by atoms with Crippen LogP contribution in [0.3, 0.4) is 0 Å². The van der Waals surface area contributed by atoms with Crippen molar-refractivity contribution in [2.24, 2.45) is 5.92 Å². The SMILES string of the molecule is Nc1nc2c(ncn2[C@@H]2O[C@@H]3CO[P@](=O)(S)O[C@H]4C[C@H](Nc5ccncn5)C[C@@H]4CO[P@@](=O)(S)O[C@@H]2[C@@H]3O)c(=O)[nH]1. The van der Waals surface area contributed by atoms with Crippen molar-refractivity contribution < 1.29 is 37.1 Å². The summed E-state index contributed by atoms with van der Waals surface area (Å²) in [5.74, 6) is -0.00147. The van der Waals surface area contributed by atoms with Gasteiger partial charge in [-0.05, 0) is 18.9 Å². The van der Waals surface area contributed by atoms with Gasteiger partial charge in [-0.1, -0.05) is 24.5 Å². The van der Waals surface area contributed by atoms with Gasteiger partial charge in [0.15, 0.2) is 17.4 Å². The maximum absolute atomic E-state index is 13.4. The minimum absolute atomic E-state index is 0.0221. The van der Waals surface area contributed by atoms with Crippen LogP contribution in [0.4, 0.5) is 11.8 Å². The molecule has 222 valence electrons. The van der Waals surface area contributed by atoms with E-state index in [0.717, 1.165) is 0 Å². The van der Waals surface area contributed by atoms with E-state index in [4.69, 9.17) is 28.6 Å². The number of imidazole rings is 1. The molecule has 5 heterocycles. The van der Waals surface area contributed by atoms with Crippen molar-refractivity contribution in [1.29, 1.82) is 0 Å². The Morgan fingerprint density at radius 3 is 2.68 bits per heavy atom. The standard InChI is InChI=1S/C20H26N8O9P2S2/c21-20-26-17-14(18(30)27-20)24-8-28(17)19-16-15(29)12(35-19)6-34-38(31,40)36-11-4-10(25-13-1-2-22-7-23-13)3-9(11)5-33-39(32,41)37-16/h1-2,7-12,15-16,19,29H,3-6H2,(H,31,40)(H,32,41)(H,22,23,25)(H3,21,26,27,30)/t9-,10-,11+,12-,15-,16-,19-,38+,39-/m1/s1. The zero-order valence-electron chi connectivity index (χ0n) is 21.0. The molecule has 5 N–H and O–H groups in total. The van der Waals surface area contributed by atoms with E-state index in [2.05, 4.69) is 54.7 Å². The monoisotopic (exact) mass is 648 g/mol. The van der Waals surface area contributed by atoms with E-state index >= 15 is 0 Å². The first-order valence-corrected chi connectivity index (χ1v) is 17.8. The van der Waals surface area contributed by atoms with Gasteiger partial charge in [0.2, 0.25) is 5.95 Å². The number of H-pyrrole nitrogens is 1.